The third-order valence-electron chi connectivity index (χ3n) is 3.55. The van der Waals surface area contributed by atoms with Gasteiger partial charge in [0.15, 0.2) is 0 Å². The summed E-state index contributed by atoms with van der Waals surface area (Å²) in [7, 11) is 0. The lowest BCUT2D eigenvalue weighted by molar-refractivity contribution is -0.125. The number of nitrogens with two attached hydrogens (primary N) is 1. The Morgan fingerprint density at radius 1 is 1.19 bits per heavy atom. The molecule has 0 aliphatic carbocycles. The Morgan fingerprint density at radius 2 is 1.86 bits per heavy atom. The van der Waals surface area contributed by atoms with Gasteiger partial charge in [-0.25, -0.2) is 0 Å². The first-order valence-corrected chi connectivity index (χ1v) is 7.15. The molecule has 1 aromatic heterocycles. The lowest BCUT2D eigenvalue weighted by Crippen LogP contribution is -2.37. The second kappa shape index (κ2) is 7.55. The minimum absolute atomic E-state index is 0.00864. The lowest BCUT2D eigenvalue weighted by Gasteiger charge is -2.19. The molecule has 3 N–H and O–H groups in total. The second-order valence-corrected chi connectivity index (χ2v) is 5.13. The minimum atomic E-state index is -0.211. The van der Waals surface area contributed by atoms with Gasteiger partial charge >= 0.3 is 0 Å². The van der Waals surface area contributed by atoms with E-state index in [1.165, 1.54) is 0 Å². The van der Waals surface area contributed by atoms with Crippen molar-refractivity contribution >= 4 is 5.91 Å². The van der Waals surface area contributed by atoms with Crippen molar-refractivity contribution < 1.29 is 4.79 Å². The number of nitrogens with one attached hydrogen (secondary N) is 1. The van der Waals surface area contributed by atoms with Crippen LogP contribution < -0.4 is 11.1 Å². The maximum absolute atomic E-state index is 12.4. The Kier molecular flexibility index (Phi) is 5.46. The molecule has 0 aliphatic rings. The van der Waals surface area contributed by atoms with Crippen molar-refractivity contribution in [2.24, 2.45) is 11.7 Å². The Hall–Kier alpha value is -2.20. The molecule has 2 atom stereocenters. The van der Waals surface area contributed by atoms with Crippen LogP contribution in [0.2, 0.25) is 0 Å². The predicted octanol–water partition coefficient (Wildman–Crippen LogP) is 2.08. The van der Waals surface area contributed by atoms with Crippen LogP contribution in [0.3, 0.4) is 0 Å². The van der Waals surface area contributed by atoms with Crippen LogP contribution in [0.25, 0.3) is 0 Å². The van der Waals surface area contributed by atoms with Gasteiger partial charge in [-0.1, -0.05) is 30.3 Å². The van der Waals surface area contributed by atoms with E-state index in [1.807, 2.05) is 49.4 Å². The fraction of sp³-hybridized carbons (Fsp3) is 0.294. The fourth-order valence-corrected chi connectivity index (χ4v) is 2.25. The van der Waals surface area contributed by atoms with Gasteiger partial charge in [0.05, 0.1) is 12.0 Å². The number of nitrogens with zero attached hydrogens (tertiary/aromatic N) is 1. The summed E-state index contributed by atoms with van der Waals surface area (Å²) in [5.74, 6) is -0.220. The number of amides is 1. The van der Waals surface area contributed by atoms with Crippen LogP contribution in [-0.4, -0.2) is 17.4 Å². The summed E-state index contributed by atoms with van der Waals surface area (Å²) in [6.07, 6.45) is 4.11. The molecule has 4 nitrogen and oxygen atoms in total. The average molecular weight is 283 g/mol. The molecular formula is C17H21N3O. The molecule has 0 radical (unpaired) electrons. The van der Waals surface area contributed by atoms with Crippen molar-refractivity contribution in [1.82, 2.24) is 10.3 Å². The molecule has 0 bridgehead atoms. The van der Waals surface area contributed by atoms with E-state index in [9.17, 15) is 4.79 Å². The smallest absolute Gasteiger partial charge is 0.225 e. The van der Waals surface area contributed by atoms with Crippen molar-refractivity contribution in [3.8, 4) is 0 Å². The number of hydrogen-bond donors (Lipinski definition) is 2. The van der Waals surface area contributed by atoms with E-state index >= 15 is 0 Å². The summed E-state index contributed by atoms with van der Waals surface area (Å²) in [5.41, 5.74) is 7.93. The molecule has 2 unspecified atom stereocenters. The van der Waals surface area contributed by atoms with E-state index in [2.05, 4.69) is 10.3 Å². The molecule has 21 heavy (non-hydrogen) atoms. The van der Waals surface area contributed by atoms with Gasteiger partial charge in [-0.05, 0) is 36.6 Å². The quantitative estimate of drug-likeness (QED) is 0.853. The van der Waals surface area contributed by atoms with Crippen molar-refractivity contribution in [2.75, 3.05) is 6.54 Å². The zero-order chi connectivity index (χ0) is 15.1. The molecule has 110 valence electrons. The zero-order valence-corrected chi connectivity index (χ0v) is 12.2. The van der Waals surface area contributed by atoms with Gasteiger partial charge < -0.3 is 11.1 Å². The average Bonchev–Trinajstić information content (AvgIpc) is 2.54. The highest BCUT2D eigenvalue weighted by molar-refractivity contribution is 5.79. The molecular weight excluding hydrogens is 262 g/mol. The van der Waals surface area contributed by atoms with Crippen LogP contribution >= 0.6 is 0 Å². The summed E-state index contributed by atoms with van der Waals surface area (Å²) in [6, 6.07) is 13.7. The first-order chi connectivity index (χ1) is 10.2. The number of hydrogen-bond acceptors (Lipinski definition) is 3. The second-order valence-electron chi connectivity index (χ2n) is 5.13. The molecule has 1 amide bonds. The number of carbonyl (C=O) groups is 1. The van der Waals surface area contributed by atoms with E-state index in [0.29, 0.717) is 13.0 Å². The molecule has 1 aromatic carbocycles. The zero-order valence-electron chi connectivity index (χ0n) is 12.2. The molecule has 2 rings (SSSR count). The number of rotatable bonds is 6. The lowest BCUT2D eigenvalue weighted by atomic mass is 9.98. The van der Waals surface area contributed by atoms with E-state index in [0.717, 1.165) is 11.1 Å². The van der Waals surface area contributed by atoms with Crippen LogP contribution in [-0.2, 0) is 11.2 Å². The number of benzene rings is 1. The number of pyridine rings is 1. The Bertz CT molecular complexity index is 557. The van der Waals surface area contributed by atoms with Crippen molar-refractivity contribution in [2.45, 2.75) is 19.4 Å². The normalized spacial score (nSPS) is 13.4. The van der Waals surface area contributed by atoms with Gasteiger partial charge in [0.1, 0.15) is 0 Å². The first kappa shape index (κ1) is 15.2. The Morgan fingerprint density at radius 3 is 2.48 bits per heavy atom. The van der Waals surface area contributed by atoms with E-state index in [-0.39, 0.29) is 17.9 Å². The van der Waals surface area contributed by atoms with Gasteiger partial charge in [-0.2, -0.15) is 0 Å². The molecule has 0 spiro atoms. The third kappa shape index (κ3) is 4.39. The largest absolute Gasteiger partial charge is 0.349 e. The monoisotopic (exact) mass is 283 g/mol. The van der Waals surface area contributed by atoms with Crippen LogP contribution in [0.15, 0.2) is 54.9 Å². The summed E-state index contributed by atoms with van der Waals surface area (Å²) < 4.78 is 0. The highest BCUT2D eigenvalue weighted by atomic mass is 16.1. The SMILES string of the molecule is CC(NC(=O)C(CN)Cc1ccccc1)c1ccncc1. The van der Waals surface area contributed by atoms with Crippen LogP contribution in [0.5, 0.6) is 0 Å². The van der Waals surface area contributed by atoms with E-state index in [1.54, 1.807) is 12.4 Å². The van der Waals surface area contributed by atoms with E-state index in [4.69, 9.17) is 5.73 Å². The highest BCUT2D eigenvalue weighted by Crippen LogP contribution is 2.13. The van der Waals surface area contributed by atoms with Crippen LogP contribution in [0, 0.1) is 5.92 Å². The summed E-state index contributed by atoms with van der Waals surface area (Å²) >= 11 is 0. The molecule has 0 fully saturated rings. The molecule has 0 aliphatic heterocycles. The van der Waals surface area contributed by atoms with Crippen molar-refractivity contribution in [3.63, 3.8) is 0 Å². The maximum Gasteiger partial charge on any atom is 0.225 e. The van der Waals surface area contributed by atoms with E-state index < -0.39 is 0 Å². The third-order valence-corrected chi connectivity index (χ3v) is 3.55. The molecule has 1 heterocycles. The van der Waals surface area contributed by atoms with Gasteiger partial charge in [-0.15, -0.1) is 0 Å². The molecule has 4 heteroatoms. The van der Waals surface area contributed by atoms with Gasteiger partial charge in [0, 0.05) is 18.9 Å². The minimum Gasteiger partial charge on any atom is -0.349 e. The summed E-state index contributed by atoms with van der Waals surface area (Å²) in [6.45, 7) is 2.30. The predicted molar refractivity (Wildman–Crippen MR) is 83.5 cm³/mol. The number of aromatic nitrogens is 1. The summed E-state index contributed by atoms with van der Waals surface area (Å²) in [5, 5.41) is 3.02. The van der Waals surface area contributed by atoms with Gasteiger partial charge in [-0.3, -0.25) is 9.78 Å². The fourth-order valence-electron chi connectivity index (χ4n) is 2.25. The first-order valence-electron chi connectivity index (χ1n) is 7.15. The summed E-state index contributed by atoms with van der Waals surface area (Å²) in [4.78, 5) is 16.3. The van der Waals surface area contributed by atoms with Gasteiger partial charge in [0.25, 0.3) is 0 Å². The van der Waals surface area contributed by atoms with Gasteiger partial charge in [0.2, 0.25) is 5.91 Å². The molecule has 2 aromatic rings. The van der Waals surface area contributed by atoms with Crippen molar-refractivity contribution in [3.05, 3.63) is 66.0 Å². The van der Waals surface area contributed by atoms with Crippen molar-refractivity contribution in [1.29, 1.82) is 0 Å². The molecule has 0 saturated carbocycles. The Labute approximate surface area is 125 Å². The maximum atomic E-state index is 12.4. The standard InChI is InChI=1S/C17H21N3O/c1-13(15-7-9-19-10-8-15)20-17(21)16(12-18)11-14-5-3-2-4-6-14/h2-10,13,16H,11-12,18H2,1H3,(H,20,21). The van der Waals surface area contributed by atoms with Crippen LogP contribution in [0.1, 0.15) is 24.1 Å². The Balaban J connectivity index is 1.97. The topological polar surface area (TPSA) is 68.0 Å². The highest BCUT2D eigenvalue weighted by Gasteiger charge is 2.19. The van der Waals surface area contributed by atoms with Crippen LogP contribution in [0.4, 0.5) is 0 Å². The molecule has 0 saturated heterocycles. The number of carbonyl (C=O) groups excluding carboxylic acids is 1.